The number of phenolic OH excluding ortho intramolecular Hbond substituents is 2. The molecule has 0 aliphatic heterocycles. The largest absolute Gasteiger partial charge is 0.508 e. The second kappa shape index (κ2) is 6.27. The molecule has 4 aromatic rings. The zero-order chi connectivity index (χ0) is 18.3. The summed E-state index contributed by atoms with van der Waals surface area (Å²) in [5.41, 5.74) is 3.32. The number of nitrogens with zero attached hydrogens (tertiary/aromatic N) is 3. The predicted octanol–water partition coefficient (Wildman–Crippen LogP) is 3.13. The van der Waals surface area contributed by atoms with E-state index in [0.29, 0.717) is 17.1 Å². The SMILES string of the molecule is Cc1cc(-c2csc3nc(=O)c(Cc4ccc(O)cc4)nn23)ccc1O. The number of aromatic nitrogens is 3. The van der Waals surface area contributed by atoms with Crippen LogP contribution in [0, 0.1) is 6.92 Å². The van der Waals surface area contributed by atoms with Crippen LogP contribution in [0.1, 0.15) is 16.8 Å². The lowest BCUT2D eigenvalue weighted by molar-refractivity contribution is 0.471. The number of fused-ring (bicyclic) bond motifs is 1. The van der Waals surface area contributed by atoms with Crippen molar-refractivity contribution in [2.24, 2.45) is 0 Å². The Morgan fingerprint density at radius 2 is 1.88 bits per heavy atom. The van der Waals surface area contributed by atoms with Gasteiger partial charge in [-0.15, -0.1) is 11.3 Å². The zero-order valence-corrected chi connectivity index (χ0v) is 14.7. The molecule has 0 fully saturated rings. The van der Waals surface area contributed by atoms with Crippen molar-refractivity contribution >= 4 is 16.3 Å². The number of hydrogen-bond donors (Lipinski definition) is 2. The molecule has 0 unspecified atom stereocenters. The summed E-state index contributed by atoms with van der Waals surface area (Å²) in [6, 6.07) is 12.0. The predicted molar refractivity (Wildman–Crippen MR) is 99.9 cm³/mol. The molecule has 0 aliphatic carbocycles. The van der Waals surface area contributed by atoms with Crippen LogP contribution in [0.4, 0.5) is 0 Å². The lowest BCUT2D eigenvalue weighted by Crippen LogP contribution is -2.18. The number of hydrogen-bond acceptors (Lipinski definition) is 6. The molecule has 130 valence electrons. The van der Waals surface area contributed by atoms with Gasteiger partial charge in [0.25, 0.3) is 5.56 Å². The number of phenols is 2. The summed E-state index contributed by atoms with van der Waals surface area (Å²) in [4.78, 5) is 16.9. The average molecular weight is 365 g/mol. The van der Waals surface area contributed by atoms with E-state index >= 15 is 0 Å². The third-order valence-corrected chi connectivity index (χ3v) is 4.97. The maximum atomic E-state index is 12.3. The molecule has 0 radical (unpaired) electrons. The van der Waals surface area contributed by atoms with Gasteiger partial charge in [-0.25, -0.2) is 4.52 Å². The van der Waals surface area contributed by atoms with Gasteiger partial charge in [0.15, 0.2) is 0 Å². The van der Waals surface area contributed by atoms with Gasteiger partial charge >= 0.3 is 0 Å². The first-order valence-electron chi connectivity index (χ1n) is 7.96. The first kappa shape index (κ1) is 16.3. The molecule has 0 amide bonds. The van der Waals surface area contributed by atoms with Crippen LogP contribution in [0.3, 0.4) is 0 Å². The van der Waals surface area contributed by atoms with Crippen molar-refractivity contribution in [3.05, 3.63) is 75.0 Å². The molecule has 0 saturated heterocycles. The third kappa shape index (κ3) is 2.93. The minimum atomic E-state index is -0.353. The molecule has 0 aliphatic rings. The van der Waals surface area contributed by atoms with Crippen LogP contribution in [-0.2, 0) is 6.42 Å². The standard InChI is InChI=1S/C19H15N3O3S/c1-11-8-13(4-7-17(11)24)16-10-26-19-20-18(25)15(21-22(16)19)9-12-2-5-14(23)6-3-12/h2-8,10,23-24H,9H2,1H3. The van der Waals surface area contributed by atoms with Crippen LogP contribution in [0.2, 0.25) is 0 Å². The van der Waals surface area contributed by atoms with Crippen molar-refractivity contribution < 1.29 is 10.2 Å². The van der Waals surface area contributed by atoms with E-state index in [2.05, 4.69) is 10.1 Å². The Bertz CT molecular complexity index is 1160. The van der Waals surface area contributed by atoms with E-state index < -0.39 is 0 Å². The second-order valence-electron chi connectivity index (χ2n) is 6.02. The molecule has 2 aromatic heterocycles. The van der Waals surface area contributed by atoms with Crippen LogP contribution in [0.25, 0.3) is 16.2 Å². The summed E-state index contributed by atoms with van der Waals surface area (Å²) in [5, 5.41) is 25.5. The van der Waals surface area contributed by atoms with Gasteiger partial charge in [-0.2, -0.15) is 10.1 Å². The van der Waals surface area contributed by atoms with E-state index in [1.165, 1.54) is 11.3 Å². The van der Waals surface area contributed by atoms with Crippen molar-refractivity contribution in [1.29, 1.82) is 0 Å². The first-order chi connectivity index (χ1) is 12.5. The van der Waals surface area contributed by atoms with Crippen molar-refractivity contribution in [2.75, 3.05) is 0 Å². The van der Waals surface area contributed by atoms with Crippen LogP contribution < -0.4 is 5.56 Å². The maximum absolute atomic E-state index is 12.3. The van der Waals surface area contributed by atoms with E-state index in [-0.39, 0.29) is 17.1 Å². The Kier molecular flexibility index (Phi) is 3.93. The molecule has 0 bridgehead atoms. The van der Waals surface area contributed by atoms with E-state index in [1.54, 1.807) is 34.8 Å². The van der Waals surface area contributed by atoms with Crippen molar-refractivity contribution in [3.63, 3.8) is 0 Å². The van der Waals surface area contributed by atoms with Crippen LogP contribution >= 0.6 is 11.3 Å². The fraction of sp³-hybridized carbons (Fsp3) is 0.105. The van der Waals surface area contributed by atoms with E-state index in [0.717, 1.165) is 22.4 Å². The summed E-state index contributed by atoms with van der Waals surface area (Å²) in [5.74, 6) is 0.411. The third-order valence-electron chi connectivity index (χ3n) is 4.15. The molecule has 2 N–H and O–H groups in total. The average Bonchev–Trinajstić information content (AvgIpc) is 3.02. The van der Waals surface area contributed by atoms with Crippen molar-refractivity contribution in [2.45, 2.75) is 13.3 Å². The molecule has 0 atom stereocenters. The van der Waals surface area contributed by atoms with Gasteiger partial charge in [-0.1, -0.05) is 12.1 Å². The van der Waals surface area contributed by atoms with Crippen molar-refractivity contribution in [1.82, 2.24) is 14.6 Å². The number of aryl methyl sites for hydroxylation is 1. The Balaban J connectivity index is 1.80. The molecular weight excluding hydrogens is 350 g/mol. The summed E-state index contributed by atoms with van der Waals surface area (Å²) in [7, 11) is 0. The van der Waals surface area contributed by atoms with Crippen LogP contribution in [0.5, 0.6) is 11.5 Å². The highest BCUT2D eigenvalue weighted by Crippen LogP contribution is 2.28. The lowest BCUT2D eigenvalue weighted by atomic mass is 10.1. The fourth-order valence-corrected chi connectivity index (χ4v) is 3.55. The second-order valence-corrected chi connectivity index (χ2v) is 6.86. The van der Waals surface area contributed by atoms with E-state index in [1.807, 2.05) is 24.4 Å². The number of thiazole rings is 1. The first-order valence-corrected chi connectivity index (χ1v) is 8.84. The topological polar surface area (TPSA) is 87.7 Å². The quantitative estimate of drug-likeness (QED) is 0.582. The van der Waals surface area contributed by atoms with Gasteiger partial charge in [0, 0.05) is 17.4 Å². The molecule has 0 saturated carbocycles. The molecular formula is C19H15N3O3S. The van der Waals surface area contributed by atoms with Crippen molar-refractivity contribution in [3.8, 4) is 22.8 Å². The van der Waals surface area contributed by atoms with Gasteiger partial charge in [0.2, 0.25) is 4.96 Å². The van der Waals surface area contributed by atoms with Gasteiger partial charge in [-0.05, 0) is 48.4 Å². The molecule has 2 heterocycles. The lowest BCUT2D eigenvalue weighted by Gasteiger charge is -2.06. The van der Waals surface area contributed by atoms with Crippen LogP contribution in [0.15, 0.2) is 52.6 Å². The monoisotopic (exact) mass is 365 g/mol. The van der Waals surface area contributed by atoms with Gasteiger partial charge < -0.3 is 10.2 Å². The molecule has 6 nitrogen and oxygen atoms in total. The summed E-state index contributed by atoms with van der Waals surface area (Å²) >= 11 is 1.34. The number of rotatable bonds is 3. The molecule has 2 aromatic carbocycles. The van der Waals surface area contributed by atoms with Crippen LogP contribution in [-0.4, -0.2) is 24.8 Å². The van der Waals surface area contributed by atoms with E-state index in [9.17, 15) is 15.0 Å². The normalized spacial score (nSPS) is 11.1. The minimum absolute atomic E-state index is 0.176. The Labute approximate surface area is 152 Å². The van der Waals surface area contributed by atoms with Gasteiger partial charge in [0.05, 0.1) is 5.69 Å². The van der Waals surface area contributed by atoms with E-state index in [4.69, 9.17) is 0 Å². The highest BCUT2D eigenvalue weighted by Gasteiger charge is 2.13. The fourth-order valence-electron chi connectivity index (χ4n) is 2.72. The number of aromatic hydroxyl groups is 2. The number of benzene rings is 2. The molecule has 7 heteroatoms. The zero-order valence-electron chi connectivity index (χ0n) is 13.9. The molecule has 0 spiro atoms. The summed E-state index contributed by atoms with van der Waals surface area (Å²) < 4.78 is 1.66. The van der Waals surface area contributed by atoms with Gasteiger partial charge in [0.1, 0.15) is 17.2 Å². The Morgan fingerprint density at radius 3 is 2.62 bits per heavy atom. The van der Waals surface area contributed by atoms with Gasteiger partial charge in [-0.3, -0.25) is 4.79 Å². The Morgan fingerprint density at radius 1 is 1.12 bits per heavy atom. The highest BCUT2D eigenvalue weighted by molar-refractivity contribution is 7.15. The smallest absolute Gasteiger partial charge is 0.296 e. The molecule has 4 rings (SSSR count). The summed E-state index contributed by atoms with van der Waals surface area (Å²) in [6.07, 6.45) is 0.332. The Hall–Kier alpha value is -3.19. The highest BCUT2D eigenvalue weighted by atomic mass is 32.1. The molecule has 26 heavy (non-hydrogen) atoms. The summed E-state index contributed by atoms with van der Waals surface area (Å²) in [6.45, 7) is 1.83. The minimum Gasteiger partial charge on any atom is -0.508 e. The maximum Gasteiger partial charge on any atom is 0.296 e.